The van der Waals surface area contributed by atoms with Crippen LogP contribution in [0.25, 0.3) is 17.0 Å². The Balaban J connectivity index is 1.44. The molecule has 7 nitrogen and oxygen atoms in total. The molecule has 0 spiro atoms. The van der Waals surface area contributed by atoms with E-state index in [-0.39, 0.29) is 5.91 Å². The van der Waals surface area contributed by atoms with Crippen molar-refractivity contribution in [3.8, 4) is 17.0 Å². The molecule has 27 heavy (non-hydrogen) atoms. The third kappa shape index (κ3) is 3.62. The van der Waals surface area contributed by atoms with Gasteiger partial charge in [-0.15, -0.1) is 10.2 Å². The first kappa shape index (κ1) is 16.7. The largest absolute Gasteiger partial charge is 0.356 e. The Bertz CT molecular complexity index is 1020. The zero-order valence-electron chi connectivity index (χ0n) is 14.7. The van der Waals surface area contributed by atoms with Gasteiger partial charge in [0.05, 0.1) is 6.54 Å². The lowest BCUT2D eigenvalue weighted by Crippen LogP contribution is -2.26. The average molecular weight is 359 g/mol. The topological polar surface area (TPSA) is 77.0 Å². The third-order valence-electron chi connectivity index (χ3n) is 4.19. The molecule has 0 aliphatic heterocycles. The molecule has 0 atom stereocenters. The first-order valence-corrected chi connectivity index (χ1v) is 8.42. The van der Waals surface area contributed by atoms with Crippen molar-refractivity contribution >= 4 is 5.91 Å². The zero-order chi connectivity index (χ0) is 18.6. The standard InChI is InChI=1S/C20H17N5O2/c1-24(12-17-11-19(27-23-17)15-5-3-2-4-6-15)20(26)16-7-9-18(10-8-16)25-13-21-22-14-25/h2-11,13-14H,12H2,1H3. The highest BCUT2D eigenvalue weighted by atomic mass is 16.5. The van der Waals surface area contributed by atoms with Crippen LogP contribution >= 0.6 is 0 Å². The van der Waals surface area contributed by atoms with E-state index in [1.165, 1.54) is 0 Å². The van der Waals surface area contributed by atoms with Crippen molar-refractivity contribution in [3.05, 3.63) is 84.6 Å². The summed E-state index contributed by atoms with van der Waals surface area (Å²) in [6.45, 7) is 0.363. The van der Waals surface area contributed by atoms with Gasteiger partial charge in [0.2, 0.25) is 0 Å². The van der Waals surface area contributed by atoms with Crippen LogP contribution in [0.5, 0.6) is 0 Å². The molecule has 4 rings (SSSR count). The highest BCUT2D eigenvalue weighted by molar-refractivity contribution is 5.94. The fraction of sp³-hybridized carbons (Fsp3) is 0.100. The van der Waals surface area contributed by atoms with E-state index in [1.807, 2.05) is 48.5 Å². The van der Waals surface area contributed by atoms with Crippen molar-refractivity contribution in [1.29, 1.82) is 0 Å². The smallest absolute Gasteiger partial charge is 0.253 e. The summed E-state index contributed by atoms with van der Waals surface area (Å²) >= 11 is 0. The summed E-state index contributed by atoms with van der Waals surface area (Å²) < 4.78 is 7.17. The number of amides is 1. The lowest BCUT2D eigenvalue weighted by Gasteiger charge is -2.15. The quantitative estimate of drug-likeness (QED) is 0.547. The number of rotatable bonds is 5. The Morgan fingerprint density at radius 1 is 1.04 bits per heavy atom. The van der Waals surface area contributed by atoms with Crippen LogP contribution in [0.15, 0.2) is 77.8 Å². The van der Waals surface area contributed by atoms with E-state index in [0.717, 1.165) is 11.3 Å². The Labute approximate surface area is 155 Å². The second-order valence-corrected chi connectivity index (χ2v) is 6.13. The van der Waals surface area contributed by atoms with Crippen molar-refractivity contribution in [2.75, 3.05) is 7.05 Å². The highest BCUT2D eigenvalue weighted by Gasteiger charge is 2.15. The maximum atomic E-state index is 12.7. The molecule has 2 aromatic carbocycles. The summed E-state index contributed by atoms with van der Waals surface area (Å²) in [4.78, 5) is 14.3. The zero-order valence-corrected chi connectivity index (χ0v) is 14.7. The molecule has 0 bridgehead atoms. The first-order valence-electron chi connectivity index (χ1n) is 8.42. The van der Waals surface area contributed by atoms with Gasteiger partial charge in [-0.2, -0.15) is 0 Å². The first-order chi connectivity index (χ1) is 13.2. The summed E-state index contributed by atoms with van der Waals surface area (Å²) in [5.74, 6) is 0.597. The van der Waals surface area contributed by atoms with Gasteiger partial charge in [0.1, 0.15) is 18.3 Å². The van der Waals surface area contributed by atoms with Crippen LogP contribution in [0.1, 0.15) is 16.1 Å². The van der Waals surface area contributed by atoms with Gasteiger partial charge in [-0.1, -0.05) is 35.5 Å². The molecule has 4 aromatic rings. The maximum Gasteiger partial charge on any atom is 0.253 e. The Morgan fingerprint density at radius 3 is 2.44 bits per heavy atom. The molecular formula is C20H17N5O2. The van der Waals surface area contributed by atoms with Crippen LogP contribution in [-0.2, 0) is 6.54 Å². The van der Waals surface area contributed by atoms with Crippen LogP contribution in [0.4, 0.5) is 0 Å². The van der Waals surface area contributed by atoms with E-state index < -0.39 is 0 Å². The molecule has 7 heteroatoms. The second-order valence-electron chi connectivity index (χ2n) is 6.13. The Hall–Kier alpha value is -3.74. The summed E-state index contributed by atoms with van der Waals surface area (Å²) in [5.41, 5.74) is 3.14. The van der Waals surface area contributed by atoms with Gasteiger partial charge in [-0.05, 0) is 24.3 Å². The fourth-order valence-corrected chi connectivity index (χ4v) is 2.77. The molecule has 0 saturated heterocycles. The minimum absolute atomic E-state index is 0.0884. The van der Waals surface area contributed by atoms with Crippen molar-refractivity contribution < 1.29 is 9.32 Å². The molecule has 0 N–H and O–H groups in total. The molecule has 0 radical (unpaired) electrons. The molecule has 1 amide bonds. The van der Waals surface area contributed by atoms with Crippen molar-refractivity contribution in [1.82, 2.24) is 24.8 Å². The van der Waals surface area contributed by atoms with Gasteiger partial charge in [-0.25, -0.2) is 0 Å². The molecule has 134 valence electrons. The van der Waals surface area contributed by atoms with Crippen LogP contribution < -0.4 is 0 Å². The van der Waals surface area contributed by atoms with Crippen LogP contribution in [0.2, 0.25) is 0 Å². The molecule has 0 aliphatic rings. The van der Waals surface area contributed by atoms with Gasteiger partial charge >= 0.3 is 0 Å². The average Bonchev–Trinajstić information content (AvgIpc) is 3.40. The number of nitrogens with zero attached hydrogens (tertiary/aromatic N) is 5. The molecule has 0 saturated carbocycles. The SMILES string of the molecule is CN(Cc1cc(-c2ccccc2)on1)C(=O)c1ccc(-n2cnnc2)cc1. The summed E-state index contributed by atoms with van der Waals surface area (Å²) in [5, 5.41) is 11.6. The van der Waals surface area contributed by atoms with Gasteiger partial charge < -0.3 is 9.42 Å². The predicted octanol–water partition coefficient (Wildman–Crippen LogP) is 3.19. The van der Waals surface area contributed by atoms with Crippen LogP contribution in [-0.4, -0.2) is 37.8 Å². The van der Waals surface area contributed by atoms with Gasteiger partial charge in [0.15, 0.2) is 5.76 Å². The number of hydrogen-bond acceptors (Lipinski definition) is 5. The van der Waals surface area contributed by atoms with Crippen LogP contribution in [0, 0.1) is 0 Å². The fourth-order valence-electron chi connectivity index (χ4n) is 2.77. The summed E-state index contributed by atoms with van der Waals surface area (Å²) in [6.07, 6.45) is 3.22. The van der Waals surface area contributed by atoms with Crippen molar-refractivity contribution in [3.63, 3.8) is 0 Å². The number of carbonyl (C=O) groups excluding carboxylic acids is 1. The van der Waals surface area contributed by atoms with Crippen molar-refractivity contribution in [2.24, 2.45) is 0 Å². The maximum absolute atomic E-state index is 12.7. The van der Waals surface area contributed by atoms with Gasteiger partial charge in [0, 0.05) is 29.9 Å². The van der Waals surface area contributed by atoms with Gasteiger partial charge in [0.25, 0.3) is 5.91 Å². The Morgan fingerprint density at radius 2 is 1.74 bits per heavy atom. The third-order valence-corrected chi connectivity index (χ3v) is 4.19. The summed E-state index contributed by atoms with van der Waals surface area (Å²) in [6, 6.07) is 18.9. The molecule has 0 unspecified atom stereocenters. The normalized spacial score (nSPS) is 10.7. The summed E-state index contributed by atoms with van der Waals surface area (Å²) in [7, 11) is 1.74. The lowest BCUT2D eigenvalue weighted by molar-refractivity contribution is 0.0782. The molecule has 0 fully saturated rings. The number of aromatic nitrogens is 4. The molecule has 2 heterocycles. The van der Waals surface area contributed by atoms with E-state index in [0.29, 0.717) is 23.6 Å². The van der Waals surface area contributed by atoms with Crippen LogP contribution in [0.3, 0.4) is 0 Å². The van der Waals surface area contributed by atoms with E-state index in [1.54, 1.807) is 41.3 Å². The van der Waals surface area contributed by atoms with Gasteiger partial charge in [-0.3, -0.25) is 9.36 Å². The van der Waals surface area contributed by atoms with E-state index >= 15 is 0 Å². The number of carbonyl (C=O) groups is 1. The van der Waals surface area contributed by atoms with E-state index in [9.17, 15) is 4.79 Å². The second kappa shape index (κ2) is 7.25. The molecular weight excluding hydrogens is 342 g/mol. The highest BCUT2D eigenvalue weighted by Crippen LogP contribution is 2.20. The molecule has 2 aromatic heterocycles. The molecule has 0 aliphatic carbocycles. The minimum Gasteiger partial charge on any atom is -0.356 e. The van der Waals surface area contributed by atoms with E-state index in [4.69, 9.17) is 4.52 Å². The Kier molecular flexibility index (Phi) is 4.49. The monoisotopic (exact) mass is 359 g/mol. The lowest BCUT2D eigenvalue weighted by atomic mass is 10.1. The van der Waals surface area contributed by atoms with Crippen molar-refractivity contribution in [2.45, 2.75) is 6.54 Å². The number of hydrogen-bond donors (Lipinski definition) is 0. The minimum atomic E-state index is -0.0884. The number of benzene rings is 2. The van der Waals surface area contributed by atoms with E-state index in [2.05, 4.69) is 15.4 Å². The predicted molar refractivity (Wildman–Crippen MR) is 99.1 cm³/mol.